The highest BCUT2D eigenvalue weighted by Gasteiger charge is 2.14. The molecule has 0 bridgehead atoms. The summed E-state index contributed by atoms with van der Waals surface area (Å²) in [5.74, 6) is 0.871. The van der Waals surface area contributed by atoms with E-state index in [4.69, 9.17) is 0 Å². The molecule has 1 unspecified atom stereocenters. The average Bonchev–Trinajstić information content (AvgIpc) is 2.44. The second kappa shape index (κ2) is 5.32. The maximum Gasteiger partial charge on any atom is 0.0233 e. The lowest BCUT2D eigenvalue weighted by Gasteiger charge is -2.22. The van der Waals surface area contributed by atoms with Crippen molar-refractivity contribution < 1.29 is 0 Å². The molecule has 0 spiro atoms. The van der Waals surface area contributed by atoms with Crippen LogP contribution in [0.3, 0.4) is 0 Å². The Bertz CT molecular complexity index is 281. The molecular weight excluding hydrogens is 182 g/mol. The number of benzene rings is 1. The van der Waals surface area contributed by atoms with E-state index in [1.54, 1.807) is 0 Å². The topological polar surface area (TPSA) is 3.24 Å². The molecule has 1 fully saturated rings. The third-order valence-corrected chi connectivity index (χ3v) is 3.24. The van der Waals surface area contributed by atoms with E-state index >= 15 is 0 Å². The number of rotatable bonds is 2. The molecule has 1 heterocycles. The number of nitrogens with zero attached hydrogens (tertiary/aromatic N) is 1. The van der Waals surface area contributed by atoms with E-state index in [9.17, 15) is 0 Å². The SMILES string of the molecule is CC1CCCCN(Cc2ccccc2)C1. The first kappa shape index (κ1) is 10.7. The maximum absolute atomic E-state index is 2.60. The zero-order valence-electron chi connectivity index (χ0n) is 9.65. The van der Waals surface area contributed by atoms with Crippen LogP contribution in [-0.4, -0.2) is 18.0 Å². The Morgan fingerprint density at radius 2 is 2.00 bits per heavy atom. The van der Waals surface area contributed by atoms with Gasteiger partial charge in [-0.1, -0.05) is 43.7 Å². The highest BCUT2D eigenvalue weighted by molar-refractivity contribution is 5.14. The van der Waals surface area contributed by atoms with Gasteiger partial charge in [-0.2, -0.15) is 0 Å². The Kier molecular flexibility index (Phi) is 3.79. The van der Waals surface area contributed by atoms with Crippen molar-refractivity contribution in [3.63, 3.8) is 0 Å². The molecular formula is C14H21N. The quantitative estimate of drug-likeness (QED) is 0.713. The Hall–Kier alpha value is -0.820. The molecule has 0 radical (unpaired) electrons. The molecule has 2 rings (SSSR count). The molecule has 1 saturated heterocycles. The minimum absolute atomic E-state index is 0.871. The molecule has 1 aliphatic heterocycles. The molecule has 1 atom stereocenters. The summed E-state index contributed by atoms with van der Waals surface area (Å²) in [4.78, 5) is 2.60. The van der Waals surface area contributed by atoms with E-state index in [-0.39, 0.29) is 0 Å². The van der Waals surface area contributed by atoms with E-state index in [0.29, 0.717) is 0 Å². The zero-order chi connectivity index (χ0) is 10.5. The molecule has 15 heavy (non-hydrogen) atoms. The van der Waals surface area contributed by atoms with Gasteiger partial charge in [-0.05, 0) is 30.9 Å². The van der Waals surface area contributed by atoms with E-state index in [1.807, 2.05) is 0 Å². The summed E-state index contributed by atoms with van der Waals surface area (Å²) in [5, 5.41) is 0. The summed E-state index contributed by atoms with van der Waals surface area (Å²) in [6.07, 6.45) is 4.19. The Labute approximate surface area is 93.1 Å². The van der Waals surface area contributed by atoms with Crippen LogP contribution in [0.15, 0.2) is 30.3 Å². The monoisotopic (exact) mass is 203 g/mol. The van der Waals surface area contributed by atoms with E-state index in [0.717, 1.165) is 12.5 Å². The van der Waals surface area contributed by atoms with Crippen LogP contribution in [0.1, 0.15) is 31.7 Å². The van der Waals surface area contributed by atoms with Crippen LogP contribution < -0.4 is 0 Å². The summed E-state index contributed by atoms with van der Waals surface area (Å²) in [6, 6.07) is 10.8. The summed E-state index contributed by atoms with van der Waals surface area (Å²) >= 11 is 0. The normalized spacial score (nSPS) is 23.7. The van der Waals surface area contributed by atoms with Crippen LogP contribution in [0.25, 0.3) is 0 Å². The fourth-order valence-corrected chi connectivity index (χ4v) is 2.44. The van der Waals surface area contributed by atoms with Gasteiger partial charge in [0.25, 0.3) is 0 Å². The second-order valence-electron chi connectivity index (χ2n) is 4.82. The van der Waals surface area contributed by atoms with Gasteiger partial charge in [-0.25, -0.2) is 0 Å². The molecule has 0 aromatic heterocycles. The lowest BCUT2D eigenvalue weighted by Crippen LogP contribution is -2.27. The van der Waals surface area contributed by atoms with E-state index in [1.165, 1.54) is 37.9 Å². The Morgan fingerprint density at radius 3 is 2.80 bits per heavy atom. The first-order chi connectivity index (χ1) is 7.34. The smallest absolute Gasteiger partial charge is 0.0233 e. The molecule has 0 N–H and O–H groups in total. The van der Waals surface area contributed by atoms with E-state index in [2.05, 4.69) is 42.2 Å². The lowest BCUT2D eigenvalue weighted by molar-refractivity contribution is 0.248. The first-order valence-corrected chi connectivity index (χ1v) is 6.11. The molecule has 1 aliphatic rings. The standard InChI is InChI=1S/C14H21N/c1-13-7-5-6-10-15(11-13)12-14-8-3-2-4-9-14/h2-4,8-9,13H,5-7,10-12H2,1H3. The van der Waals surface area contributed by atoms with Crippen molar-refractivity contribution in [2.75, 3.05) is 13.1 Å². The molecule has 1 heteroatoms. The third kappa shape index (κ3) is 3.35. The Morgan fingerprint density at radius 1 is 1.20 bits per heavy atom. The minimum atomic E-state index is 0.871. The fraction of sp³-hybridized carbons (Fsp3) is 0.571. The molecule has 1 aromatic rings. The van der Waals surface area contributed by atoms with Crippen LogP contribution in [-0.2, 0) is 6.54 Å². The van der Waals surface area contributed by atoms with Crippen LogP contribution in [0.4, 0.5) is 0 Å². The van der Waals surface area contributed by atoms with Crippen molar-refractivity contribution in [3.05, 3.63) is 35.9 Å². The number of hydrogen-bond acceptors (Lipinski definition) is 1. The minimum Gasteiger partial charge on any atom is -0.299 e. The van der Waals surface area contributed by atoms with Gasteiger partial charge in [0.1, 0.15) is 0 Å². The van der Waals surface area contributed by atoms with Crippen molar-refractivity contribution in [1.82, 2.24) is 4.90 Å². The molecule has 0 aliphatic carbocycles. The van der Waals surface area contributed by atoms with Gasteiger partial charge >= 0.3 is 0 Å². The van der Waals surface area contributed by atoms with Gasteiger partial charge in [0, 0.05) is 13.1 Å². The lowest BCUT2D eigenvalue weighted by atomic mass is 10.1. The Balaban J connectivity index is 1.93. The number of hydrogen-bond donors (Lipinski definition) is 0. The van der Waals surface area contributed by atoms with Crippen molar-refractivity contribution in [3.8, 4) is 0 Å². The summed E-state index contributed by atoms with van der Waals surface area (Å²) in [7, 11) is 0. The summed E-state index contributed by atoms with van der Waals surface area (Å²) < 4.78 is 0. The average molecular weight is 203 g/mol. The van der Waals surface area contributed by atoms with Crippen LogP contribution in [0.2, 0.25) is 0 Å². The van der Waals surface area contributed by atoms with Gasteiger partial charge < -0.3 is 0 Å². The molecule has 0 saturated carbocycles. The van der Waals surface area contributed by atoms with Gasteiger partial charge in [0.05, 0.1) is 0 Å². The molecule has 82 valence electrons. The molecule has 1 aromatic carbocycles. The van der Waals surface area contributed by atoms with Crippen LogP contribution >= 0.6 is 0 Å². The second-order valence-corrected chi connectivity index (χ2v) is 4.82. The number of likely N-dealkylation sites (tertiary alicyclic amines) is 1. The van der Waals surface area contributed by atoms with Gasteiger partial charge in [0.2, 0.25) is 0 Å². The van der Waals surface area contributed by atoms with Crippen LogP contribution in [0.5, 0.6) is 0 Å². The van der Waals surface area contributed by atoms with Crippen molar-refractivity contribution in [1.29, 1.82) is 0 Å². The summed E-state index contributed by atoms with van der Waals surface area (Å²) in [6.45, 7) is 6.06. The van der Waals surface area contributed by atoms with Crippen molar-refractivity contribution >= 4 is 0 Å². The summed E-state index contributed by atoms with van der Waals surface area (Å²) in [5.41, 5.74) is 1.45. The first-order valence-electron chi connectivity index (χ1n) is 6.11. The predicted octanol–water partition coefficient (Wildman–Crippen LogP) is 3.31. The molecule has 0 amide bonds. The van der Waals surface area contributed by atoms with Gasteiger partial charge in [0.15, 0.2) is 0 Å². The third-order valence-electron chi connectivity index (χ3n) is 3.24. The van der Waals surface area contributed by atoms with Crippen molar-refractivity contribution in [2.24, 2.45) is 5.92 Å². The van der Waals surface area contributed by atoms with E-state index < -0.39 is 0 Å². The fourth-order valence-electron chi connectivity index (χ4n) is 2.44. The van der Waals surface area contributed by atoms with Gasteiger partial charge in [-0.15, -0.1) is 0 Å². The highest BCUT2D eigenvalue weighted by atomic mass is 15.1. The maximum atomic E-state index is 2.60. The van der Waals surface area contributed by atoms with Crippen molar-refractivity contribution in [2.45, 2.75) is 32.7 Å². The highest BCUT2D eigenvalue weighted by Crippen LogP contribution is 2.17. The van der Waals surface area contributed by atoms with Crippen LogP contribution in [0, 0.1) is 5.92 Å². The zero-order valence-corrected chi connectivity index (χ0v) is 9.65. The molecule has 1 nitrogen and oxygen atoms in total. The largest absolute Gasteiger partial charge is 0.299 e. The predicted molar refractivity (Wildman–Crippen MR) is 64.7 cm³/mol. The van der Waals surface area contributed by atoms with Gasteiger partial charge in [-0.3, -0.25) is 4.90 Å².